The van der Waals surface area contributed by atoms with Gasteiger partial charge in [0.05, 0.1) is 18.8 Å². The Morgan fingerprint density at radius 3 is 2.26 bits per heavy atom. The number of aryl methyl sites for hydroxylation is 1. The maximum Gasteiger partial charge on any atom is 0.319 e. The van der Waals surface area contributed by atoms with Gasteiger partial charge in [0.2, 0.25) is 0 Å². The molecule has 1 saturated heterocycles. The molecule has 2 aromatic carbocycles. The molecule has 8 rings (SSSR count). The molecule has 1 aliphatic heterocycles. The predicted molar refractivity (Wildman–Crippen MR) is 160 cm³/mol. The summed E-state index contributed by atoms with van der Waals surface area (Å²) in [4.78, 5) is 13.1. The van der Waals surface area contributed by atoms with Gasteiger partial charge in [0.25, 0.3) is 0 Å². The fourth-order valence-corrected chi connectivity index (χ4v) is 8.89. The molecule has 1 aromatic heterocycles. The van der Waals surface area contributed by atoms with Crippen molar-refractivity contribution in [2.45, 2.75) is 80.7 Å². The largest absolute Gasteiger partial charge is 0.392 e. The molecule has 5 fully saturated rings. The molecule has 0 radical (unpaired) electrons. The molecule has 0 unspecified atom stereocenters. The lowest BCUT2D eigenvalue weighted by Gasteiger charge is -2.56. The molecule has 4 aliphatic carbocycles. The summed E-state index contributed by atoms with van der Waals surface area (Å²) in [7, 11) is 1.93. The molecule has 4 saturated carbocycles. The first kappa shape index (κ1) is 27.9. The molecule has 3 N–H and O–H groups in total. The molecule has 10 heteroatoms. The molecule has 9 nitrogen and oxygen atoms in total. The first-order chi connectivity index (χ1) is 20.4. The Bertz CT molecular complexity index is 1360. The maximum atomic E-state index is 13.1. The highest BCUT2D eigenvalue weighted by molar-refractivity contribution is 7.99. The summed E-state index contributed by atoms with van der Waals surface area (Å²) in [5, 5.41) is 24.9. The Morgan fingerprint density at radius 1 is 0.976 bits per heavy atom. The van der Waals surface area contributed by atoms with Crippen molar-refractivity contribution in [3.05, 3.63) is 71.5 Å². The first-order valence-electron chi connectivity index (χ1n) is 15.1. The summed E-state index contributed by atoms with van der Waals surface area (Å²) in [6, 6.07) is 15.6. The Morgan fingerprint density at radius 2 is 1.64 bits per heavy atom. The third-order valence-corrected chi connectivity index (χ3v) is 10.7. The minimum Gasteiger partial charge on any atom is -0.392 e. The highest BCUT2D eigenvalue weighted by Gasteiger charge is 2.51. The van der Waals surface area contributed by atoms with Crippen molar-refractivity contribution in [3.63, 3.8) is 0 Å². The van der Waals surface area contributed by atoms with E-state index >= 15 is 0 Å². The summed E-state index contributed by atoms with van der Waals surface area (Å²) in [5.41, 5.74) is 3.54. The number of rotatable bonds is 8. The average Bonchev–Trinajstić information content (AvgIpc) is 3.39. The van der Waals surface area contributed by atoms with E-state index in [1.165, 1.54) is 19.3 Å². The molecule has 5 aliphatic rings. The normalized spacial score (nSPS) is 31.7. The van der Waals surface area contributed by atoms with Crippen molar-refractivity contribution >= 4 is 23.5 Å². The quantitative estimate of drug-likeness (QED) is 0.288. The van der Waals surface area contributed by atoms with E-state index < -0.39 is 6.29 Å². The van der Waals surface area contributed by atoms with Crippen molar-refractivity contribution in [2.75, 3.05) is 11.1 Å². The first-order valence-corrected chi connectivity index (χ1v) is 16.1. The van der Waals surface area contributed by atoms with Crippen LogP contribution in [0.5, 0.6) is 0 Å². The predicted octanol–water partition coefficient (Wildman–Crippen LogP) is 5.74. The summed E-state index contributed by atoms with van der Waals surface area (Å²) in [6.45, 7) is 0.00938. The summed E-state index contributed by atoms with van der Waals surface area (Å²) in [6.07, 6.45) is 9.04. The van der Waals surface area contributed by atoms with Crippen LogP contribution in [-0.2, 0) is 23.1 Å². The second kappa shape index (κ2) is 11.6. The second-order valence-corrected chi connectivity index (χ2v) is 13.8. The number of benzene rings is 2. The number of carbonyl (C=O) groups is 1. The summed E-state index contributed by atoms with van der Waals surface area (Å²) in [5.74, 6) is 3.06. The van der Waals surface area contributed by atoms with Crippen molar-refractivity contribution in [2.24, 2.45) is 24.8 Å². The van der Waals surface area contributed by atoms with Gasteiger partial charge < -0.3 is 29.8 Å². The molecule has 2 heterocycles. The van der Waals surface area contributed by atoms with Crippen LogP contribution >= 0.6 is 11.8 Å². The van der Waals surface area contributed by atoms with E-state index in [0.29, 0.717) is 12.2 Å². The molecule has 222 valence electrons. The number of aliphatic hydroxyl groups is 1. The van der Waals surface area contributed by atoms with Crippen LogP contribution in [0.2, 0.25) is 0 Å². The zero-order chi connectivity index (χ0) is 28.7. The molecule has 42 heavy (non-hydrogen) atoms. The number of ether oxygens (including phenoxy) is 2. The Labute approximate surface area is 250 Å². The molecule has 4 bridgehead atoms. The van der Waals surface area contributed by atoms with E-state index in [9.17, 15) is 9.90 Å². The van der Waals surface area contributed by atoms with E-state index in [1.54, 1.807) is 18.1 Å². The zero-order valence-corrected chi connectivity index (χ0v) is 24.8. The Hall–Kier alpha value is -2.92. The average molecular weight is 590 g/mol. The van der Waals surface area contributed by atoms with Crippen LogP contribution in [0.25, 0.3) is 0 Å². The lowest BCUT2D eigenvalue weighted by Crippen LogP contribution is -2.60. The third kappa shape index (κ3) is 5.95. The van der Waals surface area contributed by atoms with Crippen LogP contribution in [-0.4, -0.2) is 43.3 Å². The number of thioether (sulfide) groups is 1. The molecule has 0 spiro atoms. The number of anilines is 1. The number of nitrogens with zero attached hydrogens (tertiary/aromatic N) is 3. The van der Waals surface area contributed by atoms with Crippen LogP contribution in [0.4, 0.5) is 10.5 Å². The van der Waals surface area contributed by atoms with Gasteiger partial charge in [-0.05, 0) is 79.5 Å². The molecular formula is C32H39N5O4S. The van der Waals surface area contributed by atoms with Gasteiger partial charge in [-0.15, -0.1) is 10.2 Å². The molecule has 3 atom stereocenters. The number of carbonyl (C=O) groups excluding carboxylic acids is 1. The number of hydrogen-bond donors (Lipinski definition) is 3. The van der Waals surface area contributed by atoms with Crippen LogP contribution in [0.15, 0.2) is 60.0 Å². The number of nitrogens with one attached hydrogen (secondary N) is 2. The van der Waals surface area contributed by atoms with Crippen molar-refractivity contribution in [1.82, 2.24) is 20.1 Å². The van der Waals surface area contributed by atoms with E-state index in [4.69, 9.17) is 9.47 Å². The SMILES string of the molecule is Cn1cnnc1SC[C@@H]1C[C@H](c2ccc(CO)cc2)O[C@H](c2ccc(NC(=O)NC34CC5CC(CC(C5)C3)C4)cc2)O1. The van der Waals surface area contributed by atoms with Crippen LogP contribution in [0.1, 0.15) is 74.0 Å². The molecular weight excluding hydrogens is 550 g/mol. The van der Waals surface area contributed by atoms with Gasteiger partial charge >= 0.3 is 6.03 Å². The second-order valence-electron chi connectivity index (χ2n) is 12.8. The van der Waals surface area contributed by atoms with Crippen LogP contribution in [0, 0.1) is 17.8 Å². The van der Waals surface area contributed by atoms with Crippen LogP contribution < -0.4 is 10.6 Å². The van der Waals surface area contributed by atoms with E-state index in [0.717, 1.165) is 64.6 Å². The fraction of sp³-hybridized carbons (Fsp3) is 0.531. The maximum absolute atomic E-state index is 13.1. The highest BCUT2D eigenvalue weighted by atomic mass is 32.2. The standard InChI is InChI=1S/C32H39N5O4S/c1-37-19-33-36-31(37)42-18-27-13-28(24-4-2-20(17-38)3-5-24)41-29(40-27)25-6-8-26(9-7-25)34-30(39)35-32-14-21-10-22(15-32)12-23(11-21)16-32/h2-9,19,21-23,27-29,38H,10-18H2,1H3,(H2,34,35,39)/t21?,22?,23?,27-,28+,29+,32?/m0/s1. The summed E-state index contributed by atoms with van der Waals surface area (Å²) < 4.78 is 14.8. The fourth-order valence-electron chi connectivity index (χ4n) is 7.98. The van der Waals surface area contributed by atoms with Gasteiger partial charge in [-0.1, -0.05) is 48.2 Å². The zero-order valence-electron chi connectivity index (χ0n) is 23.9. The van der Waals surface area contributed by atoms with E-state index in [1.807, 2.05) is 60.1 Å². The minimum absolute atomic E-state index is 0.00938. The molecule has 3 aromatic rings. The smallest absolute Gasteiger partial charge is 0.319 e. The number of aliphatic hydroxyl groups excluding tert-OH is 1. The topological polar surface area (TPSA) is 111 Å². The van der Waals surface area contributed by atoms with Crippen molar-refractivity contribution in [1.29, 1.82) is 0 Å². The Kier molecular flexibility index (Phi) is 7.73. The number of hydrogen-bond acceptors (Lipinski definition) is 7. The van der Waals surface area contributed by atoms with E-state index in [-0.39, 0.29) is 30.4 Å². The lowest BCUT2D eigenvalue weighted by atomic mass is 9.53. The van der Waals surface area contributed by atoms with Gasteiger partial charge in [0.1, 0.15) is 6.33 Å². The van der Waals surface area contributed by atoms with Crippen LogP contribution in [0.3, 0.4) is 0 Å². The van der Waals surface area contributed by atoms with Gasteiger partial charge in [-0.3, -0.25) is 0 Å². The van der Waals surface area contributed by atoms with Crippen molar-refractivity contribution in [3.8, 4) is 0 Å². The van der Waals surface area contributed by atoms with Gasteiger partial charge in [0.15, 0.2) is 11.4 Å². The summed E-state index contributed by atoms with van der Waals surface area (Å²) >= 11 is 1.61. The van der Waals surface area contributed by atoms with Gasteiger partial charge in [0, 0.05) is 36.0 Å². The van der Waals surface area contributed by atoms with Gasteiger partial charge in [-0.25, -0.2) is 4.79 Å². The monoisotopic (exact) mass is 589 g/mol. The Balaban J connectivity index is 1.02. The highest BCUT2D eigenvalue weighted by Crippen LogP contribution is 2.55. The molecule has 2 amide bonds. The number of urea groups is 1. The minimum atomic E-state index is -0.554. The lowest BCUT2D eigenvalue weighted by molar-refractivity contribution is -0.245. The van der Waals surface area contributed by atoms with Crippen molar-refractivity contribution < 1.29 is 19.4 Å². The van der Waals surface area contributed by atoms with Gasteiger partial charge in [-0.2, -0.15) is 0 Å². The number of amides is 2. The van der Waals surface area contributed by atoms with E-state index in [2.05, 4.69) is 20.8 Å². The third-order valence-electron chi connectivity index (χ3n) is 9.54. The number of aromatic nitrogens is 3.